The summed E-state index contributed by atoms with van der Waals surface area (Å²) in [4.78, 5) is 0. The average molecular weight is 454 g/mol. The number of amidine groups is 1. The molecule has 0 aliphatic heterocycles. The zero-order chi connectivity index (χ0) is 22.1. The van der Waals surface area contributed by atoms with Crippen LogP contribution < -0.4 is 19.4 Å². The quantitative estimate of drug-likeness (QED) is 0.332. The van der Waals surface area contributed by atoms with Crippen LogP contribution >= 0.6 is 0 Å². The van der Waals surface area contributed by atoms with Crippen molar-refractivity contribution in [3.05, 3.63) is 59.7 Å². The number of rotatable bonds is 12. The minimum atomic E-state index is -3.44. The molecule has 0 aromatic heterocycles. The third-order valence-corrected chi connectivity index (χ3v) is 6.46. The molecule has 0 saturated heterocycles. The molecule has 2 rings (SSSR count). The largest absolute Gasteiger partial charge is 0.492 e. The lowest BCUT2D eigenvalue weighted by atomic mass is 10.1. The van der Waals surface area contributed by atoms with E-state index < -0.39 is 27.1 Å². The Hall–Kier alpha value is -2.43. The summed E-state index contributed by atoms with van der Waals surface area (Å²) in [6.45, 7) is 3.43. The summed E-state index contributed by atoms with van der Waals surface area (Å²) in [6.07, 6.45) is 0.392. The summed E-state index contributed by atoms with van der Waals surface area (Å²) in [5.74, 6) is 1.26. The second-order valence-corrected chi connectivity index (χ2v) is 9.89. The van der Waals surface area contributed by atoms with Crippen molar-refractivity contribution >= 4 is 26.9 Å². The van der Waals surface area contributed by atoms with Crippen LogP contribution in [0.4, 0.5) is 0 Å². The van der Waals surface area contributed by atoms with Crippen molar-refractivity contribution in [2.24, 2.45) is 5.73 Å². The van der Waals surface area contributed by atoms with Gasteiger partial charge in [0.05, 0.1) is 17.5 Å². The highest BCUT2D eigenvalue weighted by molar-refractivity contribution is 7.89. The van der Waals surface area contributed by atoms with E-state index in [0.29, 0.717) is 29.2 Å². The smallest absolute Gasteiger partial charge is 0.211 e. The molecule has 2 atom stereocenters. The number of sulfonamides is 1. The summed E-state index contributed by atoms with van der Waals surface area (Å²) in [7, 11) is -3.44. The van der Waals surface area contributed by atoms with Crippen LogP contribution in [0.15, 0.2) is 48.5 Å². The topological polar surface area (TPSA) is 132 Å². The molecule has 0 spiro atoms. The molecule has 0 fully saturated rings. The van der Waals surface area contributed by atoms with E-state index in [2.05, 4.69) is 4.72 Å². The van der Waals surface area contributed by atoms with E-state index in [1.54, 1.807) is 62.4 Å². The minimum absolute atomic E-state index is 0.0427. The van der Waals surface area contributed by atoms with E-state index in [1.807, 2.05) is 0 Å². The molecule has 0 radical (unpaired) electrons. The van der Waals surface area contributed by atoms with Crippen LogP contribution in [0.25, 0.3) is 0 Å². The number of benzene rings is 2. The van der Waals surface area contributed by atoms with Crippen LogP contribution in [-0.4, -0.2) is 42.6 Å². The van der Waals surface area contributed by atoms with Gasteiger partial charge in [0.15, 0.2) is 0 Å². The fraction of sp³-hybridized carbons (Fsp3) is 0.350. The SMILES string of the molecule is CCS(=O)Oc1ccc(C[C@@H](COc2cccc(C(=N)N)c2)NS(=O)(=O)CC)cc1. The molecule has 0 aliphatic carbocycles. The summed E-state index contributed by atoms with van der Waals surface area (Å²) in [5.41, 5.74) is 6.90. The number of nitrogen functional groups attached to an aromatic ring is 1. The van der Waals surface area contributed by atoms with Gasteiger partial charge in [-0.1, -0.05) is 31.2 Å². The molecular weight excluding hydrogens is 426 g/mol. The van der Waals surface area contributed by atoms with E-state index in [1.165, 1.54) is 0 Å². The molecule has 2 aromatic rings. The van der Waals surface area contributed by atoms with Crippen LogP contribution in [0.3, 0.4) is 0 Å². The zero-order valence-corrected chi connectivity index (χ0v) is 18.6. The summed E-state index contributed by atoms with van der Waals surface area (Å²) < 4.78 is 49.4. The van der Waals surface area contributed by atoms with Gasteiger partial charge in [0, 0.05) is 5.56 Å². The summed E-state index contributed by atoms with van der Waals surface area (Å²) >= 11 is -1.38. The van der Waals surface area contributed by atoms with Gasteiger partial charge < -0.3 is 14.7 Å². The zero-order valence-electron chi connectivity index (χ0n) is 17.0. The first kappa shape index (κ1) is 23.8. The lowest BCUT2D eigenvalue weighted by Crippen LogP contribution is -2.41. The Bertz CT molecular complexity index is 978. The summed E-state index contributed by atoms with van der Waals surface area (Å²) in [6, 6.07) is 13.3. The van der Waals surface area contributed by atoms with Crippen LogP contribution in [-0.2, 0) is 27.5 Å². The third-order valence-electron chi connectivity index (χ3n) is 4.15. The van der Waals surface area contributed by atoms with Gasteiger partial charge in [-0.15, -0.1) is 0 Å². The first-order chi connectivity index (χ1) is 14.2. The van der Waals surface area contributed by atoms with Crippen molar-refractivity contribution in [2.75, 3.05) is 18.1 Å². The van der Waals surface area contributed by atoms with Crippen molar-refractivity contribution in [1.82, 2.24) is 4.72 Å². The second kappa shape index (κ2) is 11.1. The maximum atomic E-state index is 12.1. The molecule has 30 heavy (non-hydrogen) atoms. The number of nitrogens with two attached hydrogens (primary N) is 1. The molecule has 0 aliphatic rings. The summed E-state index contributed by atoms with van der Waals surface area (Å²) in [5, 5.41) is 7.51. The molecule has 2 aromatic carbocycles. The van der Waals surface area contributed by atoms with Gasteiger partial charge in [-0.3, -0.25) is 5.41 Å². The van der Waals surface area contributed by atoms with Gasteiger partial charge in [-0.05, 0) is 43.2 Å². The van der Waals surface area contributed by atoms with Gasteiger partial charge in [-0.2, -0.15) is 0 Å². The molecule has 10 heteroatoms. The van der Waals surface area contributed by atoms with Gasteiger partial charge in [0.1, 0.15) is 23.9 Å². The van der Waals surface area contributed by atoms with E-state index >= 15 is 0 Å². The number of nitrogens with one attached hydrogen (secondary N) is 2. The molecule has 4 N–H and O–H groups in total. The predicted molar refractivity (Wildman–Crippen MR) is 119 cm³/mol. The third kappa shape index (κ3) is 7.77. The van der Waals surface area contributed by atoms with Crippen molar-refractivity contribution in [2.45, 2.75) is 26.3 Å². The normalized spacial score (nSPS) is 13.4. The van der Waals surface area contributed by atoms with Gasteiger partial charge in [0.25, 0.3) is 0 Å². The molecular formula is C20H27N3O5S2. The van der Waals surface area contributed by atoms with Gasteiger partial charge >= 0.3 is 0 Å². The van der Waals surface area contributed by atoms with E-state index in [-0.39, 0.29) is 18.2 Å². The van der Waals surface area contributed by atoms with Gasteiger partial charge in [-0.25, -0.2) is 17.3 Å². The standard InChI is InChI=1S/C20H27N3O5S2/c1-3-29(24)28-18-10-8-15(9-11-18)12-17(23-30(25,26)4-2)14-27-19-7-5-6-16(13-19)20(21)22/h5-11,13,17,23H,3-4,12,14H2,1-2H3,(H3,21,22)/t17-,29?/m0/s1. The molecule has 0 bridgehead atoms. The van der Waals surface area contributed by atoms with E-state index in [4.69, 9.17) is 20.1 Å². The first-order valence-electron chi connectivity index (χ1n) is 9.45. The Morgan fingerprint density at radius 2 is 1.87 bits per heavy atom. The number of hydrogen-bond acceptors (Lipinski definition) is 6. The minimum Gasteiger partial charge on any atom is -0.492 e. The monoisotopic (exact) mass is 453 g/mol. The fourth-order valence-corrected chi connectivity index (χ4v) is 3.82. The highest BCUT2D eigenvalue weighted by Crippen LogP contribution is 2.17. The Labute approximate surface area is 180 Å². The van der Waals surface area contributed by atoms with Crippen molar-refractivity contribution < 1.29 is 21.5 Å². The molecule has 0 heterocycles. The molecule has 8 nitrogen and oxygen atoms in total. The van der Waals surface area contributed by atoms with Crippen molar-refractivity contribution in [1.29, 1.82) is 5.41 Å². The van der Waals surface area contributed by atoms with Gasteiger partial charge in [0.2, 0.25) is 21.1 Å². The molecule has 164 valence electrons. The highest BCUT2D eigenvalue weighted by atomic mass is 32.2. The first-order valence-corrected chi connectivity index (χ1v) is 12.3. The number of ether oxygens (including phenoxy) is 1. The van der Waals surface area contributed by atoms with Crippen molar-refractivity contribution in [3.63, 3.8) is 0 Å². The van der Waals surface area contributed by atoms with Crippen molar-refractivity contribution in [3.8, 4) is 11.5 Å². The Morgan fingerprint density at radius 1 is 1.17 bits per heavy atom. The Balaban J connectivity index is 2.10. The van der Waals surface area contributed by atoms with E-state index in [9.17, 15) is 12.6 Å². The maximum Gasteiger partial charge on any atom is 0.211 e. The van der Waals surface area contributed by atoms with Crippen LogP contribution in [0, 0.1) is 5.41 Å². The Kier molecular flexibility index (Phi) is 8.82. The lowest BCUT2D eigenvalue weighted by Gasteiger charge is -2.19. The predicted octanol–water partition coefficient (Wildman–Crippen LogP) is 1.96. The van der Waals surface area contributed by atoms with Crippen LogP contribution in [0.5, 0.6) is 11.5 Å². The maximum absolute atomic E-state index is 12.1. The Morgan fingerprint density at radius 3 is 2.47 bits per heavy atom. The van der Waals surface area contributed by atoms with Crippen LogP contribution in [0.2, 0.25) is 0 Å². The van der Waals surface area contributed by atoms with E-state index in [0.717, 1.165) is 5.56 Å². The molecule has 0 amide bonds. The van der Waals surface area contributed by atoms with Crippen LogP contribution in [0.1, 0.15) is 25.0 Å². The number of hydrogen-bond donors (Lipinski definition) is 3. The molecule has 0 saturated carbocycles. The fourth-order valence-electron chi connectivity index (χ4n) is 2.55. The highest BCUT2D eigenvalue weighted by Gasteiger charge is 2.18. The lowest BCUT2D eigenvalue weighted by molar-refractivity contribution is 0.278. The molecule has 1 unspecified atom stereocenters. The average Bonchev–Trinajstić information content (AvgIpc) is 2.73. The second-order valence-electron chi connectivity index (χ2n) is 6.49.